The van der Waals surface area contributed by atoms with Crippen molar-refractivity contribution in [2.45, 2.75) is 350 Å². The second-order valence-electron chi connectivity index (χ2n) is 26.0. The monoisotopic (exact) mass is 1280 g/mol. The van der Waals surface area contributed by atoms with Crippen LogP contribution >= 0.6 is 15.6 Å². The second-order valence-corrected chi connectivity index (χ2v) is 28.9. The van der Waals surface area contributed by atoms with Crippen molar-refractivity contribution in [3.05, 3.63) is 0 Å². The van der Waals surface area contributed by atoms with Crippen LogP contribution in [0.3, 0.4) is 0 Å². The number of hydrogen-bond donors (Lipinski definition) is 3. The predicted octanol–water partition coefficient (Wildman–Crippen LogP) is 18.9. The molecular weight excluding hydrogens is 1150 g/mol. The van der Waals surface area contributed by atoms with E-state index < -0.39 is 97.5 Å². The molecule has 0 fully saturated rings. The number of hydrogen-bond acceptors (Lipinski definition) is 15. The van der Waals surface area contributed by atoms with Gasteiger partial charge in [0, 0.05) is 25.7 Å². The van der Waals surface area contributed by atoms with E-state index in [1.54, 1.807) is 0 Å². The molecule has 516 valence electrons. The molecule has 19 heteroatoms. The van der Waals surface area contributed by atoms with Gasteiger partial charge in [0.1, 0.15) is 19.3 Å². The molecule has 0 saturated carbocycles. The van der Waals surface area contributed by atoms with E-state index in [0.29, 0.717) is 31.6 Å². The first-order valence-corrected chi connectivity index (χ1v) is 38.3. The molecule has 7 atom stereocenters. The standard InChI is InChI=1S/C68H132O17P2/c1-9-60(7)46-38-30-22-13-11-12-14-24-32-40-48-65(70)78-54-63(84-67(72)50-42-34-25-17-15-20-28-36-44-58(3)4)56-82-86(74,75)80-52-62(69)53-81-87(76,77)83-57-64(55-79-66(71)49-41-33-27-19-21-29-37-45-59(5)6)85-68(73)51-43-35-26-18-16-23-31-39-47-61(8)10-2/h58-64,69H,9-57H2,1-8H3,(H,74,75)(H,76,77)/t60?,61?,62?,63-,64-/m1/s1. The average Bonchev–Trinajstić information content (AvgIpc) is 3.68. The van der Waals surface area contributed by atoms with E-state index in [9.17, 15) is 43.2 Å². The molecule has 0 rings (SSSR count). The first-order valence-electron chi connectivity index (χ1n) is 35.3. The van der Waals surface area contributed by atoms with Gasteiger partial charge in [0.15, 0.2) is 12.2 Å². The lowest BCUT2D eigenvalue weighted by molar-refractivity contribution is -0.161. The van der Waals surface area contributed by atoms with Gasteiger partial charge < -0.3 is 33.8 Å². The molecule has 5 unspecified atom stereocenters. The van der Waals surface area contributed by atoms with Crippen molar-refractivity contribution in [3.8, 4) is 0 Å². The van der Waals surface area contributed by atoms with Gasteiger partial charge in [0.25, 0.3) is 0 Å². The normalized spacial score (nSPS) is 15.0. The van der Waals surface area contributed by atoms with Crippen LogP contribution < -0.4 is 0 Å². The summed E-state index contributed by atoms with van der Waals surface area (Å²) in [4.78, 5) is 72.4. The smallest absolute Gasteiger partial charge is 0.462 e. The van der Waals surface area contributed by atoms with Crippen LogP contribution in [0.1, 0.15) is 331 Å². The molecular formula is C68H132O17P2. The van der Waals surface area contributed by atoms with Crippen LogP contribution in [0.2, 0.25) is 0 Å². The molecule has 17 nitrogen and oxygen atoms in total. The highest BCUT2D eigenvalue weighted by molar-refractivity contribution is 7.47. The summed E-state index contributed by atoms with van der Waals surface area (Å²) in [5, 5.41) is 10.6. The Bertz CT molecular complexity index is 1730. The van der Waals surface area contributed by atoms with Gasteiger partial charge >= 0.3 is 39.5 Å². The van der Waals surface area contributed by atoms with E-state index in [1.165, 1.54) is 128 Å². The Morgan fingerprint density at radius 3 is 0.816 bits per heavy atom. The van der Waals surface area contributed by atoms with Gasteiger partial charge in [0.2, 0.25) is 0 Å². The van der Waals surface area contributed by atoms with Crippen molar-refractivity contribution in [1.82, 2.24) is 0 Å². The Labute approximate surface area is 530 Å². The van der Waals surface area contributed by atoms with E-state index in [1.807, 2.05) is 0 Å². The first kappa shape index (κ1) is 85.1. The molecule has 0 aliphatic rings. The van der Waals surface area contributed by atoms with Crippen LogP contribution in [-0.4, -0.2) is 96.7 Å². The third-order valence-corrected chi connectivity index (χ3v) is 18.2. The summed E-state index contributed by atoms with van der Waals surface area (Å²) in [7, 11) is -9.90. The molecule has 0 heterocycles. The maximum atomic E-state index is 13.0. The van der Waals surface area contributed by atoms with Gasteiger partial charge in [-0.1, -0.05) is 280 Å². The molecule has 3 N–H and O–H groups in total. The first-order chi connectivity index (χ1) is 41.7. The summed E-state index contributed by atoms with van der Waals surface area (Å²) in [6, 6.07) is 0. The molecule has 0 aromatic carbocycles. The number of carbonyl (C=O) groups excluding carboxylic acids is 4. The molecule has 0 amide bonds. The van der Waals surface area contributed by atoms with Crippen molar-refractivity contribution in [2.75, 3.05) is 39.6 Å². The van der Waals surface area contributed by atoms with Gasteiger partial charge in [-0.15, -0.1) is 0 Å². The molecule has 0 aromatic rings. The minimum absolute atomic E-state index is 0.104. The van der Waals surface area contributed by atoms with E-state index in [0.717, 1.165) is 114 Å². The van der Waals surface area contributed by atoms with Crippen molar-refractivity contribution in [1.29, 1.82) is 0 Å². The van der Waals surface area contributed by atoms with E-state index in [4.69, 9.17) is 37.0 Å². The van der Waals surface area contributed by atoms with E-state index in [2.05, 4.69) is 55.4 Å². The molecule has 0 radical (unpaired) electrons. The average molecular weight is 1280 g/mol. The fourth-order valence-corrected chi connectivity index (χ4v) is 11.7. The summed E-state index contributed by atoms with van der Waals surface area (Å²) in [6.45, 7) is 14.1. The van der Waals surface area contributed by atoms with E-state index >= 15 is 0 Å². The number of phosphoric ester groups is 2. The Morgan fingerprint density at radius 2 is 0.552 bits per heavy atom. The number of aliphatic hydroxyl groups is 1. The Kier molecular flexibility index (Phi) is 56.6. The molecule has 0 spiro atoms. The second kappa shape index (κ2) is 57.9. The summed E-state index contributed by atoms with van der Waals surface area (Å²) in [6.07, 6.45) is 38.9. The zero-order valence-corrected chi connectivity index (χ0v) is 58.4. The Hall–Kier alpha value is -1.94. The van der Waals surface area contributed by atoms with Gasteiger partial charge in [-0.25, -0.2) is 9.13 Å². The largest absolute Gasteiger partial charge is 0.472 e. The molecule has 0 bridgehead atoms. The maximum absolute atomic E-state index is 13.0. The third-order valence-electron chi connectivity index (χ3n) is 16.3. The van der Waals surface area contributed by atoms with Crippen molar-refractivity contribution < 1.29 is 80.2 Å². The zero-order valence-electron chi connectivity index (χ0n) is 56.6. The molecule has 0 aliphatic heterocycles. The quantitative estimate of drug-likeness (QED) is 0.0222. The highest BCUT2D eigenvalue weighted by Crippen LogP contribution is 2.45. The van der Waals surface area contributed by atoms with Gasteiger partial charge in [-0.3, -0.25) is 37.3 Å². The number of unbranched alkanes of at least 4 members (excludes halogenated alkanes) is 29. The fourth-order valence-electron chi connectivity index (χ4n) is 10.1. The third kappa shape index (κ3) is 60.1. The summed E-state index contributed by atoms with van der Waals surface area (Å²) >= 11 is 0. The topological polar surface area (TPSA) is 237 Å². The zero-order chi connectivity index (χ0) is 64.7. The van der Waals surface area contributed by atoms with Gasteiger partial charge in [0.05, 0.1) is 26.4 Å². The number of esters is 4. The number of phosphoric acid groups is 2. The summed E-state index contributed by atoms with van der Waals surface area (Å²) < 4.78 is 68.2. The maximum Gasteiger partial charge on any atom is 0.472 e. The van der Waals surface area contributed by atoms with Gasteiger partial charge in [-0.05, 0) is 49.4 Å². The molecule has 87 heavy (non-hydrogen) atoms. The lowest BCUT2D eigenvalue weighted by Gasteiger charge is -2.21. The van der Waals surface area contributed by atoms with Gasteiger partial charge in [-0.2, -0.15) is 0 Å². The molecule has 0 saturated heterocycles. The van der Waals surface area contributed by atoms with Crippen molar-refractivity contribution >= 4 is 39.5 Å². The SMILES string of the molecule is CCC(C)CCCCCCCCCCCCC(=O)OC[C@H](COP(=O)(O)OCC(O)COP(=O)(O)OC[C@@H](COC(=O)CCCCCCCCCC(C)C)OC(=O)CCCCCCCCCCC(C)CC)OC(=O)CCCCCCCCCCC(C)C. The highest BCUT2D eigenvalue weighted by Gasteiger charge is 2.30. The Morgan fingerprint density at radius 1 is 0.322 bits per heavy atom. The minimum atomic E-state index is -4.95. The van der Waals surface area contributed by atoms with Crippen LogP contribution in [0.5, 0.6) is 0 Å². The summed E-state index contributed by atoms with van der Waals surface area (Å²) in [5.41, 5.74) is 0. The number of carbonyl (C=O) groups is 4. The van der Waals surface area contributed by atoms with Crippen LogP contribution in [0.4, 0.5) is 0 Å². The van der Waals surface area contributed by atoms with Crippen LogP contribution in [0.25, 0.3) is 0 Å². The Balaban J connectivity index is 5.26. The lowest BCUT2D eigenvalue weighted by atomic mass is 9.99. The van der Waals surface area contributed by atoms with Crippen LogP contribution in [0, 0.1) is 23.7 Å². The lowest BCUT2D eigenvalue weighted by Crippen LogP contribution is -2.30. The molecule has 0 aromatic heterocycles. The molecule has 0 aliphatic carbocycles. The number of rotatable bonds is 65. The predicted molar refractivity (Wildman–Crippen MR) is 349 cm³/mol. The number of ether oxygens (including phenoxy) is 4. The minimum Gasteiger partial charge on any atom is -0.462 e. The van der Waals surface area contributed by atoms with Crippen LogP contribution in [0.15, 0.2) is 0 Å². The van der Waals surface area contributed by atoms with Crippen molar-refractivity contribution in [2.24, 2.45) is 23.7 Å². The fraction of sp³-hybridized carbons (Fsp3) is 0.941. The van der Waals surface area contributed by atoms with E-state index in [-0.39, 0.29) is 25.7 Å². The highest BCUT2D eigenvalue weighted by atomic mass is 31.2. The van der Waals surface area contributed by atoms with Crippen LogP contribution in [-0.2, 0) is 65.4 Å². The van der Waals surface area contributed by atoms with Crippen molar-refractivity contribution in [3.63, 3.8) is 0 Å². The number of aliphatic hydroxyl groups excluding tert-OH is 1. The summed E-state index contributed by atoms with van der Waals surface area (Å²) in [5.74, 6) is 0.867.